The molecule has 0 bridgehead atoms. The van der Waals surface area contributed by atoms with Crippen molar-refractivity contribution in [3.63, 3.8) is 0 Å². The summed E-state index contributed by atoms with van der Waals surface area (Å²) in [5.41, 5.74) is 0.895. The molecule has 0 radical (unpaired) electrons. The van der Waals surface area contributed by atoms with Gasteiger partial charge in [-0.2, -0.15) is 0 Å². The number of nitrogens with one attached hydrogen (secondary N) is 1. The predicted molar refractivity (Wildman–Crippen MR) is 126 cm³/mol. The van der Waals surface area contributed by atoms with E-state index in [0.717, 1.165) is 27.2 Å². The first-order valence-electron chi connectivity index (χ1n) is 10.5. The van der Waals surface area contributed by atoms with Gasteiger partial charge in [0.05, 0.1) is 24.5 Å². The van der Waals surface area contributed by atoms with E-state index >= 15 is 0 Å². The number of hydrogen-bond acceptors (Lipinski definition) is 11. The van der Waals surface area contributed by atoms with Crippen LogP contribution in [0.25, 0.3) is 0 Å². The fourth-order valence-electron chi connectivity index (χ4n) is 4.94. The van der Waals surface area contributed by atoms with Gasteiger partial charge >= 0.3 is 6.80 Å². The molecule has 0 saturated carbocycles. The molecule has 4 saturated heterocycles. The van der Waals surface area contributed by atoms with Gasteiger partial charge in [0.1, 0.15) is 22.4 Å². The molecule has 0 aromatic heterocycles. The summed E-state index contributed by atoms with van der Waals surface area (Å²) in [6, 6.07) is -0.500. The van der Waals surface area contributed by atoms with Crippen LogP contribution in [0.4, 0.5) is 0 Å². The minimum Gasteiger partial charge on any atom is -0.507 e. The highest BCUT2D eigenvalue weighted by molar-refractivity contribution is 8.55. The van der Waals surface area contributed by atoms with Gasteiger partial charge < -0.3 is 24.8 Å². The van der Waals surface area contributed by atoms with Crippen molar-refractivity contribution in [2.45, 2.75) is 24.7 Å². The number of rotatable bonds is 3. The Balaban J connectivity index is 1.20. The van der Waals surface area contributed by atoms with Crippen molar-refractivity contribution >= 4 is 52.4 Å². The number of thioether (sulfide) groups is 1. The van der Waals surface area contributed by atoms with Crippen molar-refractivity contribution in [1.82, 2.24) is 15.1 Å². The number of carbonyl (C=O) groups excluding carboxylic acids is 1. The van der Waals surface area contributed by atoms with Crippen LogP contribution in [0.5, 0.6) is 0 Å². The van der Waals surface area contributed by atoms with E-state index in [1.807, 2.05) is 24.1 Å². The van der Waals surface area contributed by atoms with Gasteiger partial charge in [-0.1, -0.05) is 30.1 Å². The molecule has 6 atom stereocenters. The van der Waals surface area contributed by atoms with Gasteiger partial charge in [-0.15, -0.1) is 0 Å². The maximum absolute atomic E-state index is 13.4. The summed E-state index contributed by atoms with van der Waals surface area (Å²) in [6.45, 7) is -2.80. The Morgan fingerprint density at radius 1 is 1.39 bits per heavy atom. The highest BCUT2D eigenvalue weighted by Crippen LogP contribution is 2.68. The third-order valence-electron chi connectivity index (χ3n) is 6.43. The van der Waals surface area contributed by atoms with Gasteiger partial charge in [0.15, 0.2) is 11.5 Å². The van der Waals surface area contributed by atoms with E-state index in [2.05, 4.69) is 10.2 Å². The Labute approximate surface area is 204 Å². The number of aliphatic hydroxyl groups is 1. The first-order chi connectivity index (χ1) is 15.8. The van der Waals surface area contributed by atoms with Crippen LogP contribution in [0.2, 0.25) is 0 Å². The smallest absolute Gasteiger partial charge is 0.391 e. The topological polar surface area (TPSA) is 110 Å². The maximum atomic E-state index is 13.4. The monoisotopic (exact) mass is 531 g/mol. The van der Waals surface area contributed by atoms with Crippen molar-refractivity contribution < 1.29 is 33.0 Å². The predicted octanol–water partition coefficient (Wildman–Crippen LogP) is 2.48. The van der Waals surface area contributed by atoms with Crippen LogP contribution < -0.4 is 5.32 Å². The fraction of sp³-hybridized carbons (Fsp3) is 0.579. The number of fused-ring (bicyclic) bond motifs is 6. The van der Waals surface area contributed by atoms with E-state index in [4.69, 9.17) is 30.7 Å². The van der Waals surface area contributed by atoms with Gasteiger partial charge in [-0.05, 0) is 36.5 Å². The Hall–Kier alpha value is -1.21. The van der Waals surface area contributed by atoms with Crippen molar-refractivity contribution in [2.75, 3.05) is 32.3 Å². The Morgan fingerprint density at radius 3 is 3.09 bits per heavy atom. The van der Waals surface area contributed by atoms with E-state index < -0.39 is 31.0 Å². The maximum Gasteiger partial charge on any atom is 0.391 e. The minimum absolute atomic E-state index is 0.00552. The molecule has 2 N–H and O–H groups in total. The molecule has 4 heterocycles. The van der Waals surface area contributed by atoms with Crippen molar-refractivity contribution in [1.29, 1.82) is 0 Å². The summed E-state index contributed by atoms with van der Waals surface area (Å²) in [5.74, 6) is 0.235. The second-order valence-electron chi connectivity index (χ2n) is 8.58. The number of carbonyl (C=O) groups is 1. The minimum atomic E-state index is -3.45. The van der Waals surface area contributed by atoms with Crippen LogP contribution in [0.3, 0.4) is 0 Å². The van der Waals surface area contributed by atoms with Gasteiger partial charge in [-0.25, -0.2) is 4.57 Å². The number of thiocarbonyl (C=S) groups is 1. The zero-order chi connectivity index (χ0) is 22.9. The standard InChI is InChI=1S/C19H22N3O7PS3/c1-21-5-22(19(31)32-6-21)7-33-30(25)28-11-3-2-9-10-4-12-17(27-8-26-12)15(23)13(10)18(24)20-14(9)16(11)29-30/h2,4,10-11,13-14,16,23H,3,5-8H2,1H3,(H,20,24). The molecule has 4 aliphatic heterocycles. The molecule has 6 rings (SSSR count). The molecule has 14 heteroatoms. The number of piperidine rings is 1. The summed E-state index contributed by atoms with van der Waals surface area (Å²) in [7, 11) is 2.00. The molecule has 1 amide bonds. The molecule has 33 heavy (non-hydrogen) atoms. The zero-order valence-electron chi connectivity index (χ0n) is 17.5. The van der Waals surface area contributed by atoms with E-state index in [0.29, 0.717) is 24.7 Å². The van der Waals surface area contributed by atoms with Crippen LogP contribution in [0, 0.1) is 11.8 Å². The molecule has 2 aliphatic carbocycles. The van der Waals surface area contributed by atoms with Crippen LogP contribution in [-0.2, 0) is 27.9 Å². The van der Waals surface area contributed by atoms with E-state index in [1.54, 1.807) is 11.8 Å². The number of nitrogens with zero attached hydrogens (tertiary/aromatic N) is 2. The van der Waals surface area contributed by atoms with Crippen LogP contribution in [0.1, 0.15) is 6.42 Å². The van der Waals surface area contributed by atoms with Gasteiger partial charge in [0, 0.05) is 5.92 Å². The number of amides is 1. The molecule has 0 aromatic carbocycles. The molecule has 0 spiro atoms. The lowest BCUT2D eigenvalue weighted by Gasteiger charge is -2.43. The summed E-state index contributed by atoms with van der Waals surface area (Å²) in [5, 5.41) is 13.6. The van der Waals surface area contributed by atoms with Gasteiger partial charge in [-0.3, -0.25) is 18.7 Å². The molecule has 10 nitrogen and oxygen atoms in total. The third kappa shape index (κ3) is 3.72. The number of ether oxygens (including phenoxy) is 2. The second-order valence-corrected chi connectivity index (χ2v) is 14.1. The lowest BCUT2D eigenvalue weighted by atomic mass is 9.70. The SMILES string of the molecule is CN1CSC(=S)N(CSP2(=O)OC3CC=C4C5C=C6OCOC6=C(O)C5C(=O)NC4C3O2)C1. The van der Waals surface area contributed by atoms with Crippen LogP contribution in [-0.4, -0.2) is 75.6 Å². The number of hydrogen-bond donors (Lipinski definition) is 2. The molecule has 0 aromatic rings. The van der Waals surface area contributed by atoms with E-state index in [-0.39, 0.29) is 30.1 Å². The average molecular weight is 532 g/mol. The number of allylic oxidation sites excluding steroid dienone is 1. The Bertz CT molecular complexity index is 1070. The summed E-state index contributed by atoms with van der Waals surface area (Å²) in [6.07, 6.45) is 3.30. The van der Waals surface area contributed by atoms with Crippen molar-refractivity contribution in [3.8, 4) is 0 Å². The quantitative estimate of drug-likeness (QED) is 0.317. The second kappa shape index (κ2) is 8.18. The first kappa shape index (κ1) is 22.3. The van der Waals surface area contributed by atoms with E-state index in [1.165, 1.54) is 0 Å². The largest absolute Gasteiger partial charge is 0.507 e. The van der Waals surface area contributed by atoms with Crippen molar-refractivity contribution in [2.24, 2.45) is 11.8 Å². The van der Waals surface area contributed by atoms with Crippen LogP contribution in [0.15, 0.2) is 35.0 Å². The first-order valence-corrected chi connectivity index (χ1v) is 15.0. The summed E-state index contributed by atoms with van der Waals surface area (Å²) < 4.78 is 36.9. The molecule has 6 aliphatic rings. The van der Waals surface area contributed by atoms with Gasteiger partial charge in [0.2, 0.25) is 18.5 Å². The zero-order valence-corrected chi connectivity index (χ0v) is 20.9. The molecular formula is C19H22N3O7PS3. The molecule has 6 unspecified atom stereocenters. The molecule has 4 fully saturated rings. The lowest BCUT2D eigenvalue weighted by Crippen LogP contribution is -2.59. The molecule has 178 valence electrons. The Morgan fingerprint density at radius 2 is 2.24 bits per heavy atom. The summed E-state index contributed by atoms with van der Waals surface area (Å²) >= 11 is 8.10. The normalized spacial score (nSPS) is 40.0. The average Bonchev–Trinajstić information content (AvgIpc) is 3.39. The lowest BCUT2D eigenvalue weighted by molar-refractivity contribution is -0.129. The third-order valence-corrected chi connectivity index (χ3v) is 11.7. The fourth-order valence-corrected chi connectivity index (χ4v) is 9.70. The van der Waals surface area contributed by atoms with Gasteiger partial charge in [0.25, 0.3) is 0 Å². The summed E-state index contributed by atoms with van der Waals surface area (Å²) in [4.78, 5) is 17.1. The highest BCUT2D eigenvalue weighted by atomic mass is 32.7. The van der Waals surface area contributed by atoms with Crippen molar-refractivity contribution in [3.05, 3.63) is 35.0 Å². The van der Waals surface area contributed by atoms with Crippen LogP contribution >= 0.6 is 42.2 Å². The number of aliphatic hydroxyl groups excluding tert-OH is 1. The Kier molecular flexibility index (Phi) is 5.52. The molecular weight excluding hydrogens is 509 g/mol. The highest BCUT2D eigenvalue weighted by Gasteiger charge is 2.56. The van der Waals surface area contributed by atoms with E-state index in [9.17, 15) is 14.5 Å².